The molecule has 0 aliphatic carbocycles. The molecule has 32 heavy (non-hydrogen) atoms. The molecule has 0 amide bonds. The van der Waals surface area contributed by atoms with Crippen molar-refractivity contribution in [2.24, 2.45) is 0 Å². The summed E-state index contributed by atoms with van der Waals surface area (Å²) in [5.41, 5.74) is 0. The van der Waals surface area contributed by atoms with Crippen molar-refractivity contribution in [3.63, 3.8) is 0 Å². The zero-order valence-corrected chi connectivity index (χ0v) is 21.6. The second-order valence-electron chi connectivity index (χ2n) is 7.87. The van der Waals surface area contributed by atoms with Gasteiger partial charge >= 0.3 is 33.7 Å². The summed E-state index contributed by atoms with van der Waals surface area (Å²) in [5.74, 6) is -1.49. The van der Waals surface area contributed by atoms with Crippen molar-refractivity contribution in [1.82, 2.24) is 0 Å². The predicted molar refractivity (Wildman–Crippen MR) is 132 cm³/mol. The molecule has 0 spiro atoms. The van der Waals surface area contributed by atoms with E-state index in [2.05, 4.69) is 85.9 Å². The van der Waals surface area contributed by atoms with Gasteiger partial charge in [-0.2, -0.15) is 22.9 Å². The van der Waals surface area contributed by atoms with E-state index in [4.69, 9.17) is 10.2 Å². The molecule has 0 radical (unpaired) electrons. The maximum Gasteiger partial charge on any atom is 2.00 e. The Balaban J connectivity index is 0.000000396. The van der Waals surface area contributed by atoms with Gasteiger partial charge in [-0.15, -0.1) is 69.7 Å². The Kier molecular flexibility index (Phi) is 10.8. The molecule has 4 nitrogen and oxygen atoms in total. The first-order valence-corrected chi connectivity index (χ1v) is 13.4. The van der Waals surface area contributed by atoms with Crippen molar-refractivity contribution in [1.29, 1.82) is 0 Å². The SMILES string of the molecule is CCC(=O)O.CCC(=O)O.C[Si](C)(c1cc2ccccc2[cH-]1)c1cc2ccccc2[cH-]1.[Ti+2]. The number of fused-ring (bicyclic) bond motifs is 2. The predicted octanol–water partition coefficient (Wildman–Crippen LogP) is 5.21. The third-order valence-electron chi connectivity index (χ3n) is 5.28. The van der Waals surface area contributed by atoms with E-state index in [1.165, 1.54) is 31.9 Å². The van der Waals surface area contributed by atoms with Crippen molar-refractivity contribution in [2.75, 3.05) is 0 Å². The van der Waals surface area contributed by atoms with Crippen LogP contribution in [0.15, 0.2) is 72.8 Å². The first kappa shape index (κ1) is 27.6. The number of aliphatic carboxylic acids is 2. The Morgan fingerprint density at radius 2 is 1.06 bits per heavy atom. The maximum absolute atomic E-state index is 9.37. The van der Waals surface area contributed by atoms with Crippen molar-refractivity contribution >= 4 is 51.9 Å². The molecule has 0 saturated carbocycles. The van der Waals surface area contributed by atoms with E-state index < -0.39 is 20.0 Å². The maximum atomic E-state index is 9.37. The minimum Gasteiger partial charge on any atom is -0.481 e. The average molecular weight is 482 g/mol. The van der Waals surface area contributed by atoms with Crippen LogP contribution in [0.2, 0.25) is 13.1 Å². The third-order valence-corrected chi connectivity index (χ3v) is 8.75. The van der Waals surface area contributed by atoms with E-state index in [1.807, 2.05) is 0 Å². The van der Waals surface area contributed by atoms with E-state index in [-0.39, 0.29) is 34.6 Å². The summed E-state index contributed by atoms with van der Waals surface area (Å²) in [6.07, 6.45) is 0.444. The summed E-state index contributed by atoms with van der Waals surface area (Å²) in [4.78, 5) is 18.7. The Morgan fingerprint density at radius 3 is 1.34 bits per heavy atom. The van der Waals surface area contributed by atoms with Crippen molar-refractivity contribution < 1.29 is 41.5 Å². The molecule has 0 bridgehead atoms. The summed E-state index contributed by atoms with van der Waals surface area (Å²) in [6, 6.07) is 26.9. The second kappa shape index (κ2) is 12.5. The quantitative estimate of drug-likeness (QED) is 0.309. The largest absolute Gasteiger partial charge is 2.00 e. The van der Waals surface area contributed by atoms with E-state index in [1.54, 1.807) is 13.8 Å². The zero-order valence-electron chi connectivity index (χ0n) is 19.1. The molecule has 4 aromatic carbocycles. The number of hydrogen-bond acceptors (Lipinski definition) is 2. The fourth-order valence-corrected chi connectivity index (χ4v) is 5.59. The number of rotatable bonds is 4. The number of carboxylic acid groups (broad SMARTS) is 2. The van der Waals surface area contributed by atoms with Crippen LogP contribution < -0.4 is 10.4 Å². The summed E-state index contributed by atoms with van der Waals surface area (Å²) in [6.45, 7) is 8.11. The molecule has 166 valence electrons. The average Bonchev–Trinajstić information content (AvgIpc) is 3.39. The van der Waals surface area contributed by atoms with Crippen molar-refractivity contribution in [3.05, 3.63) is 72.8 Å². The fourth-order valence-electron chi connectivity index (χ4n) is 3.19. The molecular formula is C26H30O4SiTi. The van der Waals surface area contributed by atoms with Crippen molar-refractivity contribution in [2.45, 2.75) is 39.8 Å². The summed E-state index contributed by atoms with van der Waals surface area (Å²) in [5, 5.41) is 24.0. The molecule has 0 heterocycles. The van der Waals surface area contributed by atoms with Crippen LogP contribution in [-0.2, 0) is 31.3 Å². The number of hydrogen-bond donors (Lipinski definition) is 2. The third kappa shape index (κ3) is 7.30. The molecule has 0 saturated heterocycles. The van der Waals surface area contributed by atoms with E-state index >= 15 is 0 Å². The normalized spacial score (nSPS) is 10.4. The fraction of sp³-hybridized carbons (Fsp3) is 0.231. The Bertz CT molecular complexity index is 1000. The van der Waals surface area contributed by atoms with Crippen LogP contribution in [0.3, 0.4) is 0 Å². The first-order chi connectivity index (χ1) is 14.7. The Labute approximate surface area is 205 Å². The monoisotopic (exact) mass is 482 g/mol. The van der Waals surface area contributed by atoms with Gasteiger partial charge in [0.25, 0.3) is 0 Å². The molecule has 0 aliphatic rings. The second-order valence-corrected chi connectivity index (χ2v) is 12.3. The molecule has 0 fully saturated rings. The van der Waals surface area contributed by atoms with E-state index in [0.717, 1.165) is 0 Å². The van der Waals surface area contributed by atoms with Gasteiger partial charge in [0, 0.05) is 12.8 Å². The van der Waals surface area contributed by atoms with Crippen LogP contribution in [0.5, 0.6) is 0 Å². The standard InChI is InChI=1S/C20H18Si.2C3H6O2.Ti/c1-21(2,19-11-15-7-3-4-8-16(15)12-19)20-13-17-9-5-6-10-18(17)14-20;2*1-2-3(4)5;/h3-14H,1-2H3;2*2H2,1H3,(H,4,5);/q-2;;;+2. The van der Waals surface area contributed by atoms with Gasteiger partial charge in [0.1, 0.15) is 0 Å². The van der Waals surface area contributed by atoms with Crippen LogP contribution in [0.4, 0.5) is 0 Å². The van der Waals surface area contributed by atoms with Crippen LogP contribution in [0.1, 0.15) is 26.7 Å². The molecule has 0 aliphatic heterocycles. The Morgan fingerprint density at radius 1 is 0.750 bits per heavy atom. The van der Waals surface area contributed by atoms with E-state index in [0.29, 0.717) is 0 Å². The summed E-state index contributed by atoms with van der Waals surface area (Å²) < 4.78 is 0. The molecule has 4 aromatic rings. The molecule has 4 rings (SSSR count). The number of benzene rings is 2. The van der Waals surface area contributed by atoms with Crippen molar-refractivity contribution in [3.8, 4) is 0 Å². The zero-order chi connectivity index (χ0) is 23.0. The van der Waals surface area contributed by atoms with Gasteiger partial charge in [-0.25, -0.2) is 0 Å². The molecule has 2 N–H and O–H groups in total. The molecule has 6 heteroatoms. The van der Waals surface area contributed by atoms with Crippen LogP contribution >= 0.6 is 0 Å². The molecule has 0 unspecified atom stereocenters. The van der Waals surface area contributed by atoms with Gasteiger partial charge in [-0.3, -0.25) is 9.59 Å². The van der Waals surface area contributed by atoms with Gasteiger partial charge in [-0.05, 0) is 0 Å². The first-order valence-electron chi connectivity index (χ1n) is 10.4. The number of carboxylic acids is 2. The number of carbonyl (C=O) groups is 2. The van der Waals surface area contributed by atoms with Crippen LogP contribution in [0, 0.1) is 0 Å². The van der Waals surface area contributed by atoms with Crippen LogP contribution in [-0.4, -0.2) is 30.2 Å². The molecular weight excluding hydrogens is 452 g/mol. The summed E-state index contributed by atoms with van der Waals surface area (Å²) in [7, 11) is -1.62. The van der Waals surface area contributed by atoms with E-state index in [9.17, 15) is 9.59 Å². The van der Waals surface area contributed by atoms with Crippen LogP contribution in [0.25, 0.3) is 21.5 Å². The Hall–Kier alpha value is -2.47. The van der Waals surface area contributed by atoms with Gasteiger partial charge in [0.2, 0.25) is 0 Å². The summed E-state index contributed by atoms with van der Waals surface area (Å²) >= 11 is 0. The van der Waals surface area contributed by atoms with Gasteiger partial charge in [0.05, 0.1) is 8.07 Å². The van der Waals surface area contributed by atoms with Gasteiger partial charge < -0.3 is 10.2 Å². The molecule has 0 aromatic heterocycles. The van der Waals surface area contributed by atoms with Gasteiger partial charge in [0.15, 0.2) is 0 Å². The van der Waals surface area contributed by atoms with Gasteiger partial charge in [-0.1, -0.05) is 39.1 Å². The minimum atomic E-state index is -1.62. The smallest absolute Gasteiger partial charge is 0.481 e. The minimum absolute atomic E-state index is 0. The topological polar surface area (TPSA) is 74.6 Å². The molecule has 0 atom stereocenters.